The Balaban J connectivity index is 3.63. The second-order valence-electron chi connectivity index (χ2n) is 4.91. The molecular weight excluding hydrogens is 232 g/mol. The fourth-order valence-electron chi connectivity index (χ4n) is 2.87. The Morgan fingerprint density at radius 1 is 0.944 bits per heavy atom. The molecule has 0 radical (unpaired) electrons. The molecule has 1 rings (SSSR count). The van der Waals surface area contributed by atoms with Crippen LogP contribution in [-0.2, 0) is 9.59 Å². The van der Waals surface area contributed by atoms with Crippen LogP contribution < -0.4 is 0 Å². The third kappa shape index (κ3) is 1.67. The number of carboxylic acid groups (broad SMARTS) is 2. The Kier molecular flexibility index (Phi) is 3.70. The number of carbonyl (C=O) groups is 2. The molecule has 0 saturated carbocycles. The third-order valence-corrected chi connectivity index (χ3v) is 4.22. The molecule has 0 bridgehead atoms. The molecular formula is C14H20O4. The van der Waals surface area contributed by atoms with E-state index < -0.39 is 22.8 Å². The van der Waals surface area contributed by atoms with Crippen molar-refractivity contribution in [3.8, 4) is 0 Å². The fourth-order valence-corrected chi connectivity index (χ4v) is 2.87. The summed E-state index contributed by atoms with van der Waals surface area (Å²) in [7, 11) is 0. The normalized spacial score (nSPS) is 31.6. The van der Waals surface area contributed by atoms with Gasteiger partial charge >= 0.3 is 11.9 Å². The molecule has 0 spiro atoms. The highest BCUT2D eigenvalue weighted by atomic mass is 16.4. The molecule has 0 heterocycles. The number of hydrogen-bond donors (Lipinski definition) is 2. The number of aliphatic carboxylic acids is 2. The summed E-state index contributed by atoms with van der Waals surface area (Å²) in [5.41, 5.74) is -1.05. The average Bonchev–Trinajstić information content (AvgIpc) is 2.31. The summed E-state index contributed by atoms with van der Waals surface area (Å²) in [5, 5.41) is 19.1. The van der Waals surface area contributed by atoms with E-state index in [1.54, 1.807) is 26.0 Å². The van der Waals surface area contributed by atoms with Gasteiger partial charge in [-0.1, -0.05) is 37.1 Å². The Morgan fingerprint density at radius 2 is 1.22 bits per heavy atom. The van der Waals surface area contributed by atoms with E-state index >= 15 is 0 Å². The largest absolute Gasteiger partial charge is 0.481 e. The summed E-state index contributed by atoms with van der Waals surface area (Å²) < 4.78 is 0. The van der Waals surface area contributed by atoms with Crippen LogP contribution in [0.4, 0.5) is 0 Å². The average molecular weight is 252 g/mol. The van der Waals surface area contributed by atoms with Crippen LogP contribution >= 0.6 is 0 Å². The third-order valence-electron chi connectivity index (χ3n) is 4.22. The summed E-state index contributed by atoms with van der Waals surface area (Å²) in [6.45, 7) is 7.08. The van der Waals surface area contributed by atoms with Gasteiger partial charge in [0.15, 0.2) is 0 Å². The van der Waals surface area contributed by atoms with E-state index in [9.17, 15) is 19.8 Å². The van der Waals surface area contributed by atoms with E-state index in [4.69, 9.17) is 0 Å². The van der Waals surface area contributed by atoms with Crippen LogP contribution in [0.1, 0.15) is 40.5 Å². The predicted molar refractivity (Wildman–Crippen MR) is 68.2 cm³/mol. The maximum absolute atomic E-state index is 11.7. The Labute approximate surface area is 107 Å². The van der Waals surface area contributed by atoms with Gasteiger partial charge in [0.05, 0.1) is 0 Å². The first-order valence-electron chi connectivity index (χ1n) is 6.13. The first-order valence-corrected chi connectivity index (χ1v) is 6.13. The lowest BCUT2D eigenvalue weighted by Gasteiger charge is -2.43. The number of allylic oxidation sites excluding steroid dienone is 2. The van der Waals surface area contributed by atoms with Crippen molar-refractivity contribution < 1.29 is 19.8 Å². The van der Waals surface area contributed by atoms with E-state index in [0.29, 0.717) is 0 Å². The van der Waals surface area contributed by atoms with Crippen LogP contribution in [0, 0.1) is 10.8 Å². The minimum atomic E-state index is -1.36. The van der Waals surface area contributed by atoms with Crippen molar-refractivity contribution in [3.05, 3.63) is 23.3 Å². The van der Waals surface area contributed by atoms with Crippen molar-refractivity contribution in [2.24, 2.45) is 10.8 Å². The quantitative estimate of drug-likeness (QED) is 0.806. The zero-order valence-corrected chi connectivity index (χ0v) is 11.3. The molecule has 0 aliphatic heterocycles. The van der Waals surface area contributed by atoms with E-state index in [1.807, 2.05) is 13.8 Å². The predicted octanol–water partition coefficient (Wildman–Crippen LogP) is 2.85. The highest BCUT2D eigenvalue weighted by Crippen LogP contribution is 2.52. The van der Waals surface area contributed by atoms with Gasteiger partial charge in [0, 0.05) is 0 Å². The zero-order valence-electron chi connectivity index (χ0n) is 11.3. The van der Waals surface area contributed by atoms with Crippen LogP contribution in [0.25, 0.3) is 0 Å². The van der Waals surface area contributed by atoms with Crippen LogP contribution in [0.2, 0.25) is 0 Å². The molecule has 4 heteroatoms. The summed E-state index contributed by atoms with van der Waals surface area (Å²) in [6.07, 6.45) is 3.73. The second-order valence-corrected chi connectivity index (χ2v) is 4.91. The highest BCUT2D eigenvalue weighted by molar-refractivity contribution is 5.91. The maximum atomic E-state index is 11.7. The van der Waals surface area contributed by atoms with Gasteiger partial charge in [-0.05, 0) is 26.7 Å². The van der Waals surface area contributed by atoms with Gasteiger partial charge in [-0.3, -0.25) is 9.59 Å². The lowest BCUT2D eigenvalue weighted by atomic mass is 9.56. The van der Waals surface area contributed by atoms with Gasteiger partial charge in [0.25, 0.3) is 0 Å². The second kappa shape index (κ2) is 4.59. The molecule has 2 atom stereocenters. The molecule has 2 unspecified atom stereocenters. The summed E-state index contributed by atoms with van der Waals surface area (Å²) >= 11 is 0. The molecule has 1 aliphatic rings. The van der Waals surface area contributed by atoms with Crippen molar-refractivity contribution in [1.29, 1.82) is 0 Å². The summed E-state index contributed by atoms with van der Waals surface area (Å²) in [4.78, 5) is 23.4. The van der Waals surface area contributed by atoms with E-state index in [-0.39, 0.29) is 12.8 Å². The van der Waals surface area contributed by atoms with Crippen LogP contribution in [-0.4, -0.2) is 22.2 Å². The summed E-state index contributed by atoms with van der Waals surface area (Å²) in [5.74, 6) is -2.14. The Hall–Kier alpha value is -1.58. The van der Waals surface area contributed by atoms with Crippen LogP contribution in [0.15, 0.2) is 23.3 Å². The maximum Gasteiger partial charge on any atom is 0.315 e. The number of carboxylic acids is 2. The van der Waals surface area contributed by atoms with E-state index in [2.05, 4.69) is 0 Å². The van der Waals surface area contributed by atoms with Crippen molar-refractivity contribution in [3.63, 3.8) is 0 Å². The molecule has 1 aliphatic carbocycles. The van der Waals surface area contributed by atoms with Gasteiger partial charge < -0.3 is 10.2 Å². The molecule has 0 saturated heterocycles. The van der Waals surface area contributed by atoms with Crippen molar-refractivity contribution in [1.82, 2.24) is 0 Å². The van der Waals surface area contributed by atoms with Gasteiger partial charge in [-0.25, -0.2) is 0 Å². The first-order chi connectivity index (χ1) is 8.27. The summed E-state index contributed by atoms with van der Waals surface area (Å²) in [6, 6.07) is 0. The lowest BCUT2D eigenvalue weighted by molar-refractivity contribution is -0.166. The van der Waals surface area contributed by atoms with Crippen molar-refractivity contribution in [2.75, 3.05) is 0 Å². The van der Waals surface area contributed by atoms with Gasteiger partial charge in [0.1, 0.15) is 10.8 Å². The number of rotatable bonds is 4. The Bertz CT molecular complexity index is 405. The van der Waals surface area contributed by atoms with Crippen LogP contribution in [0.5, 0.6) is 0 Å². The van der Waals surface area contributed by atoms with Gasteiger partial charge in [-0.15, -0.1) is 0 Å². The van der Waals surface area contributed by atoms with Crippen molar-refractivity contribution >= 4 is 11.9 Å². The lowest BCUT2D eigenvalue weighted by Crippen LogP contribution is -2.51. The zero-order chi connectivity index (χ0) is 14.1. The van der Waals surface area contributed by atoms with E-state index in [1.165, 1.54) is 0 Å². The minimum absolute atomic E-state index is 0.254. The fraction of sp³-hybridized carbons (Fsp3) is 0.571. The SMILES string of the molecule is CCC1(C(=O)O)C=C(C)C(C)=CC1(CC)C(=O)O. The molecule has 0 aromatic rings. The number of hydrogen-bond acceptors (Lipinski definition) is 2. The minimum Gasteiger partial charge on any atom is -0.481 e. The van der Waals surface area contributed by atoms with Gasteiger partial charge in [-0.2, -0.15) is 0 Å². The monoisotopic (exact) mass is 252 g/mol. The topological polar surface area (TPSA) is 74.6 Å². The molecule has 0 aromatic carbocycles. The molecule has 0 amide bonds. The first kappa shape index (κ1) is 14.5. The molecule has 0 aromatic heterocycles. The van der Waals surface area contributed by atoms with Crippen LogP contribution in [0.3, 0.4) is 0 Å². The molecule has 0 fully saturated rings. The molecule has 2 N–H and O–H groups in total. The highest BCUT2D eigenvalue weighted by Gasteiger charge is 2.58. The Morgan fingerprint density at radius 3 is 1.39 bits per heavy atom. The van der Waals surface area contributed by atoms with E-state index in [0.717, 1.165) is 11.1 Å². The smallest absolute Gasteiger partial charge is 0.315 e. The molecule has 100 valence electrons. The standard InChI is InChI=1S/C14H20O4/c1-5-13(11(15)16)7-9(3)10(4)8-14(13,6-2)12(17)18/h7-8H,5-6H2,1-4H3,(H,15,16)(H,17,18). The van der Waals surface area contributed by atoms with Gasteiger partial charge in [0.2, 0.25) is 0 Å². The van der Waals surface area contributed by atoms with Crippen molar-refractivity contribution in [2.45, 2.75) is 40.5 Å². The molecule has 4 nitrogen and oxygen atoms in total. The molecule has 18 heavy (non-hydrogen) atoms.